The number of hydrogen-bond donors (Lipinski definition) is 0. The molecule has 1 unspecified atom stereocenters. The first kappa shape index (κ1) is 18.9. The number of methoxy groups -OCH3 is 4. The van der Waals surface area contributed by atoms with Crippen LogP contribution in [0.2, 0.25) is 0 Å². The third-order valence-corrected chi connectivity index (χ3v) is 3.74. The maximum Gasteiger partial charge on any atom is 0.342 e. The summed E-state index contributed by atoms with van der Waals surface area (Å²) in [5.41, 5.74) is 0.669. The van der Waals surface area contributed by atoms with Gasteiger partial charge in [-0.2, -0.15) is 0 Å². The molecule has 0 radical (unpaired) electrons. The first-order chi connectivity index (χ1) is 12.0. The van der Waals surface area contributed by atoms with E-state index >= 15 is 0 Å². The van der Waals surface area contributed by atoms with Crippen molar-refractivity contribution >= 4 is 18.0 Å². The molecule has 2 rings (SSSR count). The third-order valence-electron chi connectivity index (χ3n) is 3.74. The number of hydrogen-bond acceptors (Lipinski definition) is 7. The Labute approximate surface area is 145 Å². The minimum absolute atomic E-state index is 0.0368. The molecule has 1 aromatic rings. The molecular weight excluding hydrogens is 328 g/mol. The minimum atomic E-state index is -1.86. The fourth-order valence-corrected chi connectivity index (χ4v) is 2.54. The number of carbonyl (C=O) groups excluding carboxylic acids is 2. The van der Waals surface area contributed by atoms with E-state index in [2.05, 4.69) is 0 Å². The minimum Gasteiger partial charge on any atom is -0.466 e. The average molecular weight is 348 g/mol. The number of rotatable bonds is 6. The Hall–Kier alpha value is -2.48. The van der Waals surface area contributed by atoms with Crippen LogP contribution in [0, 0.1) is 0 Å². The lowest BCUT2D eigenvalue weighted by atomic mass is 10.0. The zero-order valence-electron chi connectivity index (χ0n) is 14.5. The van der Waals surface area contributed by atoms with E-state index < -0.39 is 24.0 Å². The van der Waals surface area contributed by atoms with Crippen LogP contribution >= 0.6 is 0 Å². The molecule has 0 aromatic heterocycles. The van der Waals surface area contributed by atoms with Gasteiger partial charge >= 0.3 is 17.9 Å². The summed E-state index contributed by atoms with van der Waals surface area (Å²) in [5.74, 6) is -3.40. The summed E-state index contributed by atoms with van der Waals surface area (Å²) < 4.78 is 25.8. The van der Waals surface area contributed by atoms with Gasteiger partial charge in [0.25, 0.3) is 0 Å². The van der Waals surface area contributed by atoms with Crippen molar-refractivity contribution in [3.8, 4) is 0 Å². The van der Waals surface area contributed by atoms with Gasteiger partial charge in [0.2, 0.25) is 0 Å². The van der Waals surface area contributed by atoms with E-state index in [9.17, 15) is 9.59 Å². The highest BCUT2D eigenvalue weighted by Gasteiger charge is 2.54. The maximum absolute atomic E-state index is 12.3. The van der Waals surface area contributed by atoms with E-state index in [1.807, 2.05) is 30.3 Å². The summed E-state index contributed by atoms with van der Waals surface area (Å²) in [7, 11) is 4.99. The molecule has 0 bridgehead atoms. The second-order valence-corrected chi connectivity index (χ2v) is 5.04. The Morgan fingerprint density at radius 2 is 1.60 bits per heavy atom. The molecule has 0 amide bonds. The first-order valence-corrected chi connectivity index (χ1v) is 7.45. The van der Waals surface area contributed by atoms with Crippen LogP contribution in [-0.2, 0) is 33.3 Å². The summed E-state index contributed by atoms with van der Waals surface area (Å²) in [6, 6.07) is 9.41. The zero-order chi connectivity index (χ0) is 18.4. The lowest BCUT2D eigenvalue weighted by Crippen LogP contribution is -2.40. The largest absolute Gasteiger partial charge is 0.466 e. The molecule has 1 atom stereocenters. The molecule has 0 spiro atoms. The molecule has 25 heavy (non-hydrogen) atoms. The van der Waals surface area contributed by atoms with Gasteiger partial charge in [0.1, 0.15) is 11.7 Å². The first-order valence-electron chi connectivity index (χ1n) is 7.45. The van der Waals surface area contributed by atoms with Crippen molar-refractivity contribution in [3.05, 3.63) is 53.1 Å². The number of carbonyl (C=O) groups is 2. The highest BCUT2D eigenvalue weighted by Crippen LogP contribution is 2.39. The molecule has 1 aliphatic rings. The van der Waals surface area contributed by atoms with Gasteiger partial charge < -0.3 is 23.7 Å². The molecule has 134 valence electrons. The van der Waals surface area contributed by atoms with Crippen LogP contribution < -0.4 is 0 Å². The Morgan fingerprint density at radius 1 is 1.00 bits per heavy atom. The van der Waals surface area contributed by atoms with Gasteiger partial charge in [-0.15, -0.1) is 0 Å². The molecule has 7 nitrogen and oxygen atoms in total. The van der Waals surface area contributed by atoms with Crippen molar-refractivity contribution in [2.45, 2.75) is 12.1 Å². The van der Waals surface area contributed by atoms with Crippen LogP contribution in [0.1, 0.15) is 5.56 Å². The van der Waals surface area contributed by atoms with Crippen LogP contribution in [0.15, 0.2) is 47.6 Å². The van der Waals surface area contributed by atoms with Crippen LogP contribution in [0.3, 0.4) is 0 Å². The monoisotopic (exact) mass is 348 g/mol. The van der Waals surface area contributed by atoms with E-state index in [1.54, 1.807) is 12.2 Å². The van der Waals surface area contributed by atoms with Gasteiger partial charge in [-0.05, 0) is 5.56 Å². The Bertz CT molecular complexity index is 687. The van der Waals surface area contributed by atoms with Crippen LogP contribution in [0.5, 0.6) is 0 Å². The van der Waals surface area contributed by atoms with Crippen LogP contribution in [0.25, 0.3) is 6.08 Å². The fraction of sp³-hybridized carbons (Fsp3) is 0.333. The Balaban J connectivity index is 2.52. The van der Waals surface area contributed by atoms with Gasteiger partial charge in [0.15, 0.2) is 0 Å². The van der Waals surface area contributed by atoms with Crippen molar-refractivity contribution in [2.75, 3.05) is 28.4 Å². The zero-order valence-corrected chi connectivity index (χ0v) is 14.5. The highest BCUT2D eigenvalue weighted by molar-refractivity contribution is 6.03. The molecule has 0 saturated heterocycles. The standard InChI is InChI=1S/C18H20O7/c1-21-16(19)14-13(11-10-12-8-6-5-7-9-12)25-18(23-3,24-4)15(14)17(20)22-2/h5-11,13H,1-4H3/b11-10+. The number of esters is 2. The van der Waals surface area contributed by atoms with Crippen LogP contribution in [0.4, 0.5) is 0 Å². The molecule has 0 saturated carbocycles. The van der Waals surface area contributed by atoms with Gasteiger partial charge in [0.05, 0.1) is 19.8 Å². The summed E-state index contributed by atoms with van der Waals surface area (Å²) in [5, 5.41) is 0. The van der Waals surface area contributed by atoms with Crippen molar-refractivity contribution in [1.82, 2.24) is 0 Å². The lowest BCUT2D eigenvalue weighted by molar-refractivity contribution is -0.331. The molecule has 1 aliphatic heterocycles. The van der Waals surface area contributed by atoms with Crippen molar-refractivity contribution in [1.29, 1.82) is 0 Å². The Kier molecular flexibility index (Phi) is 6.08. The van der Waals surface area contributed by atoms with Gasteiger partial charge in [0, 0.05) is 14.2 Å². The normalized spacial score (nSPS) is 19.3. The van der Waals surface area contributed by atoms with Crippen LogP contribution in [-0.4, -0.2) is 52.5 Å². The van der Waals surface area contributed by atoms with E-state index in [-0.39, 0.29) is 11.1 Å². The Morgan fingerprint density at radius 3 is 2.12 bits per heavy atom. The van der Waals surface area contributed by atoms with Crippen molar-refractivity contribution in [3.63, 3.8) is 0 Å². The summed E-state index contributed by atoms with van der Waals surface area (Å²) in [6.45, 7) is 0. The van der Waals surface area contributed by atoms with Crippen molar-refractivity contribution in [2.24, 2.45) is 0 Å². The molecule has 1 heterocycles. The maximum atomic E-state index is 12.3. The molecular formula is C18H20O7. The quantitative estimate of drug-likeness (QED) is 0.571. The van der Waals surface area contributed by atoms with E-state index in [0.29, 0.717) is 0 Å². The molecule has 0 aliphatic carbocycles. The fourth-order valence-electron chi connectivity index (χ4n) is 2.54. The topological polar surface area (TPSA) is 80.3 Å². The third kappa shape index (κ3) is 3.63. The van der Waals surface area contributed by atoms with Crippen molar-refractivity contribution < 1.29 is 33.3 Å². The smallest absolute Gasteiger partial charge is 0.342 e. The van der Waals surface area contributed by atoms with Gasteiger partial charge in [-0.1, -0.05) is 42.5 Å². The average Bonchev–Trinajstić information content (AvgIpc) is 3.00. The number of ether oxygens (including phenoxy) is 5. The molecule has 7 heteroatoms. The molecule has 1 aromatic carbocycles. The van der Waals surface area contributed by atoms with Gasteiger partial charge in [-0.25, -0.2) is 9.59 Å². The molecule has 0 fully saturated rings. The van der Waals surface area contributed by atoms with E-state index in [0.717, 1.165) is 5.56 Å². The number of benzene rings is 1. The lowest BCUT2D eigenvalue weighted by Gasteiger charge is -2.27. The summed E-state index contributed by atoms with van der Waals surface area (Å²) in [4.78, 5) is 24.5. The summed E-state index contributed by atoms with van der Waals surface area (Å²) >= 11 is 0. The molecule has 0 N–H and O–H groups in total. The predicted octanol–water partition coefficient (Wildman–Crippen LogP) is 1.69. The highest BCUT2D eigenvalue weighted by atomic mass is 16.9. The van der Waals surface area contributed by atoms with Gasteiger partial charge in [-0.3, -0.25) is 0 Å². The predicted molar refractivity (Wildman–Crippen MR) is 88.2 cm³/mol. The SMILES string of the molecule is COC(=O)C1=C(C(=O)OC)C(OC)(OC)OC1/C=C/c1ccccc1. The second-order valence-electron chi connectivity index (χ2n) is 5.04. The van der Waals surface area contributed by atoms with E-state index in [4.69, 9.17) is 23.7 Å². The second kappa shape index (κ2) is 8.06. The summed E-state index contributed by atoms with van der Waals surface area (Å²) in [6.07, 6.45) is 2.45. The van der Waals surface area contributed by atoms with E-state index in [1.165, 1.54) is 28.4 Å².